The highest BCUT2D eigenvalue weighted by molar-refractivity contribution is 5.76. The summed E-state index contributed by atoms with van der Waals surface area (Å²) in [5.74, 6) is 1.06. The summed E-state index contributed by atoms with van der Waals surface area (Å²) in [6, 6.07) is 7.81. The summed E-state index contributed by atoms with van der Waals surface area (Å²) in [7, 11) is 0. The molecule has 1 aliphatic carbocycles. The maximum Gasteiger partial charge on any atom is 0.0992 e. The third kappa shape index (κ3) is 2.54. The van der Waals surface area contributed by atoms with Gasteiger partial charge in [0.25, 0.3) is 0 Å². The van der Waals surface area contributed by atoms with E-state index in [4.69, 9.17) is 5.26 Å². The zero-order valence-electron chi connectivity index (χ0n) is 11.5. The standard InChI is InChI=1S/C16H19N3O/c17-8-12-4-5-15-16(7-12)19(11-18-15)9-13-2-1-3-14(6-13)10-20/h4-5,7,11,13-14,20H,1-3,6,9-10H2/t13-,14?/m0/s1. The van der Waals surface area contributed by atoms with Gasteiger partial charge in [-0.1, -0.05) is 6.42 Å². The fourth-order valence-corrected chi connectivity index (χ4v) is 3.28. The molecule has 3 rings (SSSR count). The van der Waals surface area contributed by atoms with E-state index < -0.39 is 0 Å². The molecule has 104 valence electrons. The van der Waals surface area contributed by atoms with Crippen LogP contribution in [0, 0.1) is 23.2 Å². The highest BCUT2D eigenvalue weighted by atomic mass is 16.3. The van der Waals surface area contributed by atoms with E-state index >= 15 is 0 Å². The van der Waals surface area contributed by atoms with Crippen LogP contribution in [0.4, 0.5) is 0 Å². The van der Waals surface area contributed by atoms with Crippen LogP contribution in [0.25, 0.3) is 11.0 Å². The molecule has 2 atom stereocenters. The Labute approximate surface area is 118 Å². The van der Waals surface area contributed by atoms with Crippen LogP contribution in [-0.2, 0) is 6.54 Å². The molecule has 0 radical (unpaired) electrons. The zero-order chi connectivity index (χ0) is 13.9. The summed E-state index contributed by atoms with van der Waals surface area (Å²) < 4.78 is 2.15. The third-order valence-electron chi connectivity index (χ3n) is 4.35. The monoisotopic (exact) mass is 269 g/mol. The van der Waals surface area contributed by atoms with Crippen molar-refractivity contribution >= 4 is 11.0 Å². The molecular formula is C16H19N3O. The largest absolute Gasteiger partial charge is 0.396 e. The molecule has 20 heavy (non-hydrogen) atoms. The number of hydrogen-bond acceptors (Lipinski definition) is 3. The van der Waals surface area contributed by atoms with Gasteiger partial charge in [-0.05, 0) is 49.3 Å². The molecule has 1 aromatic carbocycles. The smallest absolute Gasteiger partial charge is 0.0992 e. The van der Waals surface area contributed by atoms with Gasteiger partial charge in [-0.25, -0.2) is 4.98 Å². The lowest BCUT2D eigenvalue weighted by atomic mass is 9.82. The number of aliphatic hydroxyl groups excluding tert-OH is 1. The maximum atomic E-state index is 9.32. The van der Waals surface area contributed by atoms with Crippen LogP contribution in [0.2, 0.25) is 0 Å². The minimum absolute atomic E-state index is 0.305. The van der Waals surface area contributed by atoms with E-state index in [2.05, 4.69) is 15.6 Å². The van der Waals surface area contributed by atoms with Gasteiger partial charge in [0.2, 0.25) is 0 Å². The molecule has 0 spiro atoms. The van der Waals surface area contributed by atoms with Crippen molar-refractivity contribution in [1.29, 1.82) is 5.26 Å². The molecule has 0 saturated heterocycles. The van der Waals surface area contributed by atoms with Crippen LogP contribution in [-0.4, -0.2) is 21.3 Å². The number of benzene rings is 1. The number of hydrogen-bond donors (Lipinski definition) is 1. The molecule has 1 aromatic heterocycles. The average molecular weight is 269 g/mol. The van der Waals surface area contributed by atoms with Crippen molar-refractivity contribution in [3.05, 3.63) is 30.1 Å². The van der Waals surface area contributed by atoms with Gasteiger partial charge in [0.05, 0.1) is 29.0 Å². The first-order chi connectivity index (χ1) is 9.80. The molecule has 0 amide bonds. The van der Waals surface area contributed by atoms with Crippen molar-refractivity contribution in [3.8, 4) is 6.07 Å². The summed E-state index contributed by atoms with van der Waals surface area (Å²) in [5.41, 5.74) is 2.66. The number of rotatable bonds is 3. The molecular weight excluding hydrogens is 250 g/mol. The van der Waals surface area contributed by atoms with Crippen molar-refractivity contribution < 1.29 is 5.11 Å². The van der Waals surface area contributed by atoms with Gasteiger partial charge in [-0.2, -0.15) is 5.26 Å². The van der Waals surface area contributed by atoms with Gasteiger partial charge in [-0.3, -0.25) is 0 Å². The Balaban J connectivity index is 1.82. The van der Waals surface area contributed by atoms with Gasteiger partial charge in [0, 0.05) is 13.2 Å². The normalized spacial score (nSPS) is 22.8. The fraction of sp³-hybridized carbons (Fsp3) is 0.500. The quantitative estimate of drug-likeness (QED) is 0.932. The van der Waals surface area contributed by atoms with Crippen LogP contribution < -0.4 is 0 Å². The molecule has 1 heterocycles. The number of imidazole rings is 1. The number of aliphatic hydroxyl groups is 1. The minimum Gasteiger partial charge on any atom is -0.396 e. The number of fused-ring (bicyclic) bond motifs is 1. The Hall–Kier alpha value is -1.86. The van der Waals surface area contributed by atoms with E-state index in [1.807, 2.05) is 24.5 Å². The number of aromatic nitrogens is 2. The second-order valence-electron chi connectivity index (χ2n) is 5.79. The van der Waals surface area contributed by atoms with E-state index in [-0.39, 0.29) is 0 Å². The molecule has 1 saturated carbocycles. The summed E-state index contributed by atoms with van der Waals surface area (Å²) in [4.78, 5) is 4.40. The van der Waals surface area contributed by atoms with Gasteiger partial charge >= 0.3 is 0 Å². The Morgan fingerprint density at radius 3 is 3.00 bits per heavy atom. The minimum atomic E-state index is 0.305. The predicted molar refractivity (Wildman–Crippen MR) is 77.0 cm³/mol. The summed E-state index contributed by atoms with van der Waals surface area (Å²) in [6.45, 7) is 1.24. The van der Waals surface area contributed by atoms with Gasteiger partial charge in [0.15, 0.2) is 0 Å². The fourth-order valence-electron chi connectivity index (χ4n) is 3.28. The maximum absolute atomic E-state index is 9.32. The lowest BCUT2D eigenvalue weighted by molar-refractivity contribution is 0.153. The van der Waals surface area contributed by atoms with E-state index in [1.54, 1.807) is 0 Å². The second-order valence-corrected chi connectivity index (χ2v) is 5.79. The van der Waals surface area contributed by atoms with E-state index in [0.29, 0.717) is 24.0 Å². The Morgan fingerprint density at radius 2 is 2.20 bits per heavy atom. The molecule has 0 bridgehead atoms. The third-order valence-corrected chi connectivity index (χ3v) is 4.35. The van der Waals surface area contributed by atoms with E-state index in [0.717, 1.165) is 30.4 Å². The molecule has 2 aromatic rings. The highest BCUT2D eigenvalue weighted by Gasteiger charge is 2.22. The lowest BCUT2D eigenvalue weighted by Crippen LogP contribution is -2.21. The first-order valence-electron chi connectivity index (χ1n) is 7.26. The zero-order valence-corrected chi connectivity index (χ0v) is 11.5. The SMILES string of the molecule is N#Cc1ccc2ncn(C[C@H]3CCCC(CO)C3)c2c1. The van der Waals surface area contributed by atoms with Crippen LogP contribution in [0.3, 0.4) is 0 Å². The number of nitrogens with zero attached hydrogens (tertiary/aromatic N) is 3. The lowest BCUT2D eigenvalue weighted by Gasteiger charge is -2.28. The topological polar surface area (TPSA) is 61.8 Å². The summed E-state index contributed by atoms with van der Waals surface area (Å²) in [6.07, 6.45) is 6.53. The second kappa shape index (κ2) is 5.64. The Morgan fingerprint density at radius 1 is 1.35 bits per heavy atom. The van der Waals surface area contributed by atoms with Crippen molar-refractivity contribution in [2.45, 2.75) is 32.2 Å². The van der Waals surface area contributed by atoms with E-state index in [1.165, 1.54) is 12.8 Å². The van der Waals surface area contributed by atoms with Crippen molar-refractivity contribution in [2.75, 3.05) is 6.61 Å². The molecule has 1 fully saturated rings. The summed E-state index contributed by atoms with van der Waals surface area (Å²) >= 11 is 0. The molecule has 1 unspecified atom stereocenters. The van der Waals surface area contributed by atoms with Crippen molar-refractivity contribution in [3.63, 3.8) is 0 Å². The van der Waals surface area contributed by atoms with Gasteiger partial charge < -0.3 is 9.67 Å². The Bertz CT molecular complexity index is 641. The van der Waals surface area contributed by atoms with Gasteiger partial charge in [0.1, 0.15) is 0 Å². The first kappa shape index (κ1) is 13.1. The summed E-state index contributed by atoms with van der Waals surface area (Å²) in [5, 5.41) is 18.3. The Kier molecular flexibility index (Phi) is 3.70. The molecule has 1 N–H and O–H groups in total. The van der Waals surface area contributed by atoms with Crippen LogP contribution >= 0.6 is 0 Å². The van der Waals surface area contributed by atoms with Crippen LogP contribution in [0.15, 0.2) is 24.5 Å². The first-order valence-corrected chi connectivity index (χ1v) is 7.26. The highest BCUT2D eigenvalue weighted by Crippen LogP contribution is 2.30. The molecule has 4 heteroatoms. The van der Waals surface area contributed by atoms with Crippen molar-refractivity contribution in [1.82, 2.24) is 9.55 Å². The number of nitriles is 1. The van der Waals surface area contributed by atoms with Crippen LogP contribution in [0.1, 0.15) is 31.2 Å². The van der Waals surface area contributed by atoms with Crippen LogP contribution in [0.5, 0.6) is 0 Å². The average Bonchev–Trinajstić information content (AvgIpc) is 2.89. The van der Waals surface area contributed by atoms with E-state index in [9.17, 15) is 5.11 Å². The predicted octanol–water partition coefficient (Wildman–Crippen LogP) is 2.71. The van der Waals surface area contributed by atoms with Gasteiger partial charge in [-0.15, -0.1) is 0 Å². The molecule has 0 aliphatic heterocycles. The van der Waals surface area contributed by atoms with Crippen molar-refractivity contribution in [2.24, 2.45) is 11.8 Å². The molecule has 4 nitrogen and oxygen atoms in total. The molecule has 1 aliphatic rings.